The van der Waals surface area contributed by atoms with Gasteiger partial charge in [0, 0.05) is 0 Å². The van der Waals surface area contributed by atoms with Crippen LogP contribution in [-0.4, -0.2) is 31.9 Å². The van der Waals surface area contributed by atoms with Crippen molar-refractivity contribution in [3.8, 4) is 5.69 Å². The van der Waals surface area contributed by atoms with Gasteiger partial charge in [-0.25, -0.2) is 0 Å². The highest BCUT2D eigenvalue weighted by Crippen LogP contribution is 2.33. The van der Waals surface area contributed by atoms with Gasteiger partial charge in [-0.1, -0.05) is 60.3 Å². The number of benzene rings is 2. The van der Waals surface area contributed by atoms with Crippen molar-refractivity contribution in [2.45, 2.75) is 10.4 Å². The van der Waals surface area contributed by atoms with E-state index in [9.17, 15) is 5.11 Å². The van der Waals surface area contributed by atoms with Crippen LogP contribution >= 0.6 is 11.8 Å². The fraction of sp³-hybridized carbons (Fsp3) is 0.133. The lowest BCUT2D eigenvalue weighted by molar-refractivity contribution is 0.296. The highest BCUT2D eigenvalue weighted by molar-refractivity contribution is 7.99. The molecule has 0 aliphatic carbocycles. The summed E-state index contributed by atoms with van der Waals surface area (Å²) in [6.07, 6.45) is 0. The van der Waals surface area contributed by atoms with E-state index in [-0.39, 0.29) is 11.9 Å². The highest BCUT2D eigenvalue weighted by Gasteiger charge is 2.17. The lowest BCUT2D eigenvalue weighted by Crippen LogP contribution is -2.04. The van der Waals surface area contributed by atoms with Crippen molar-refractivity contribution < 1.29 is 5.11 Å². The predicted octanol–water partition coefficient (Wildman–Crippen LogP) is 2.49. The third kappa shape index (κ3) is 3.12. The second kappa shape index (κ2) is 6.51. The van der Waals surface area contributed by atoms with Crippen molar-refractivity contribution in [1.82, 2.24) is 20.2 Å². The summed E-state index contributed by atoms with van der Waals surface area (Å²) in [6, 6.07) is 19.6. The van der Waals surface area contributed by atoms with Crippen molar-refractivity contribution in [3.05, 3.63) is 66.2 Å². The Kier molecular flexibility index (Phi) is 4.28. The van der Waals surface area contributed by atoms with E-state index in [1.54, 1.807) is 4.68 Å². The second-order valence-electron chi connectivity index (χ2n) is 4.41. The molecular weight excluding hydrogens is 284 g/mol. The third-order valence-corrected chi connectivity index (χ3v) is 4.20. The molecule has 1 unspecified atom stereocenters. The molecule has 0 saturated heterocycles. The van der Waals surface area contributed by atoms with Gasteiger partial charge in [-0.3, -0.25) is 0 Å². The van der Waals surface area contributed by atoms with Crippen molar-refractivity contribution in [1.29, 1.82) is 0 Å². The first-order valence-corrected chi connectivity index (χ1v) is 7.42. The molecule has 1 heterocycles. The van der Waals surface area contributed by atoms with E-state index >= 15 is 0 Å². The number of hydrogen-bond acceptors (Lipinski definition) is 5. The third-order valence-electron chi connectivity index (χ3n) is 3.03. The minimum absolute atomic E-state index is 0.0241. The average Bonchev–Trinajstić information content (AvgIpc) is 3.02. The first kappa shape index (κ1) is 13.8. The number of nitrogens with zero attached hydrogens (tertiary/aromatic N) is 4. The van der Waals surface area contributed by atoms with E-state index in [0.717, 1.165) is 11.3 Å². The van der Waals surface area contributed by atoms with Gasteiger partial charge in [0.25, 0.3) is 0 Å². The number of aliphatic hydroxyl groups is 1. The van der Waals surface area contributed by atoms with Crippen LogP contribution < -0.4 is 0 Å². The normalized spacial score (nSPS) is 12.2. The van der Waals surface area contributed by atoms with Gasteiger partial charge in [-0.2, -0.15) is 4.68 Å². The van der Waals surface area contributed by atoms with E-state index in [1.807, 2.05) is 60.7 Å². The Morgan fingerprint density at radius 1 is 1.00 bits per heavy atom. The molecule has 0 radical (unpaired) electrons. The van der Waals surface area contributed by atoms with Gasteiger partial charge in [-0.15, -0.1) is 5.10 Å². The Bertz CT molecular complexity index is 687. The Morgan fingerprint density at radius 2 is 1.67 bits per heavy atom. The summed E-state index contributed by atoms with van der Waals surface area (Å²) in [5.74, 6) is 0. The fourth-order valence-electron chi connectivity index (χ4n) is 1.99. The summed E-state index contributed by atoms with van der Waals surface area (Å²) < 4.78 is 1.68. The molecular formula is C15H14N4OS. The van der Waals surface area contributed by atoms with Gasteiger partial charge in [0.1, 0.15) is 0 Å². The van der Waals surface area contributed by atoms with Crippen molar-refractivity contribution in [3.63, 3.8) is 0 Å². The van der Waals surface area contributed by atoms with Gasteiger partial charge in [0.2, 0.25) is 5.16 Å². The lowest BCUT2D eigenvalue weighted by atomic mass is 10.2. The van der Waals surface area contributed by atoms with E-state index in [2.05, 4.69) is 15.5 Å². The quantitative estimate of drug-likeness (QED) is 0.733. The molecule has 0 aliphatic rings. The maximum Gasteiger partial charge on any atom is 0.214 e. The summed E-state index contributed by atoms with van der Waals surface area (Å²) in [5, 5.41) is 22.0. The van der Waals surface area contributed by atoms with Crippen LogP contribution in [0.4, 0.5) is 0 Å². The highest BCUT2D eigenvalue weighted by atomic mass is 32.2. The Hall–Kier alpha value is -2.18. The van der Waals surface area contributed by atoms with Crippen molar-refractivity contribution in [2.24, 2.45) is 0 Å². The summed E-state index contributed by atoms with van der Waals surface area (Å²) >= 11 is 1.45. The van der Waals surface area contributed by atoms with Gasteiger partial charge in [0.05, 0.1) is 17.5 Å². The molecule has 0 bridgehead atoms. The molecule has 0 spiro atoms. The van der Waals surface area contributed by atoms with Crippen molar-refractivity contribution >= 4 is 11.8 Å². The van der Waals surface area contributed by atoms with Gasteiger partial charge in [0.15, 0.2) is 0 Å². The van der Waals surface area contributed by atoms with Gasteiger partial charge < -0.3 is 5.11 Å². The number of hydrogen-bond donors (Lipinski definition) is 1. The minimum Gasteiger partial charge on any atom is -0.395 e. The maximum atomic E-state index is 9.64. The second-order valence-corrected chi connectivity index (χ2v) is 5.58. The van der Waals surface area contributed by atoms with Crippen LogP contribution in [0.3, 0.4) is 0 Å². The number of aliphatic hydroxyl groups excluding tert-OH is 1. The van der Waals surface area contributed by atoms with Crippen molar-refractivity contribution in [2.75, 3.05) is 6.61 Å². The zero-order chi connectivity index (χ0) is 14.5. The molecule has 1 N–H and O–H groups in total. The number of rotatable bonds is 5. The molecule has 21 heavy (non-hydrogen) atoms. The lowest BCUT2D eigenvalue weighted by Gasteiger charge is -2.13. The molecule has 1 atom stereocenters. The van der Waals surface area contributed by atoms with E-state index < -0.39 is 0 Å². The van der Waals surface area contributed by atoms with Crippen LogP contribution in [-0.2, 0) is 0 Å². The molecule has 6 heteroatoms. The average molecular weight is 298 g/mol. The molecule has 0 saturated carbocycles. The van der Waals surface area contributed by atoms with Gasteiger partial charge >= 0.3 is 0 Å². The Balaban J connectivity index is 1.87. The summed E-state index contributed by atoms with van der Waals surface area (Å²) in [5.41, 5.74) is 1.95. The first-order valence-electron chi connectivity index (χ1n) is 6.55. The van der Waals surface area contributed by atoms with E-state index in [0.29, 0.717) is 5.16 Å². The molecule has 0 fully saturated rings. The van der Waals surface area contributed by atoms with Crippen LogP contribution in [0.5, 0.6) is 0 Å². The van der Waals surface area contributed by atoms with Crippen LogP contribution in [0.15, 0.2) is 65.8 Å². The molecule has 0 aliphatic heterocycles. The van der Waals surface area contributed by atoms with Crippen LogP contribution in [0.2, 0.25) is 0 Å². The predicted molar refractivity (Wildman–Crippen MR) is 81.3 cm³/mol. The molecule has 0 amide bonds. The number of aromatic nitrogens is 4. The zero-order valence-electron chi connectivity index (χ0n) is 11.2. The molecule has 106 valence electrons. The maximum absolute atomic E-state index is 9.64. The number of thioether (sulfide) groups is 1. The molecule has 2 aromatic carbocycles. The standard InChI is InChI=1S/C15H14N4OS/c20-11-14(12-7-3-1-4-8-12)21-15-16-17-18-19(15)13-9-5-2-6-10-13/h1-10,14,20H,11H2. The molecule has 5 nitrogen and oxygen atoms in total. The largest absolute Gasteiger partial charge is 0.395 e. The zero-order valence-corrected chi connectivity index (χ0v) is 12.0. The van der Waals surface area contributed by atoms with E-state index in [1.165, 1.54) is 11.8 Å². The molecule has 1 aromatic heterocycles. The van der Waals surface area contributed by atoms with E-state index in [4.69, 9.17) is 0 Å². The summed E-state index contributed by atoms with van der Waals surface area (Å²) in [6.45, 7) is 0.0241. The topological polar surface area (TPSA) is 63.8 Å². The van der Waals surface area contributed by atoms with Crippen LogP contribution in [0, 0.1) is 0 Å². The SMILES string of the molecule is OCC(Sc1nnnn1-c1ccccc1)c1ccccc1. The van der Waals surface area contributed by atoms with Crippen LogP contribution in [0.25, 0.3) is 5.69 Å². The minimum atomic E-state index is -0.0975. The summed E-state index contributed by atoms with van der Waals surface area (Å²) in [7, 11) is 0. The molecule has 3 aromatic rings. The molecule has 3 rings (SSSR count). The first-order chi connectivity index (χ1) is 10.4. The summed E-state index contributed by atoms with van der Waals surface area (Å²) in [4.78, 5) is 0. The Morgan fingerprint density at radius 3 is 2.33 bits per heavy atom. The smallest absolute Gasteiger partial charge is 0.214 e. The number of tetrazole rings is 1. The fourth-order valence-corrected chi connectivity index (χ4v) is 2.94. The Labute approximate surface area is 126 Å². The van der Waals surface area contributed by atoms with Gasteiger partial charge in [-0.05, 0) is 28.1 Å². The monoisotopic (exact) mass is 298 g/mol. The number of para-hydroxylation sites is 1. The van der Waals surface area contributed by atoms with Crippen LogP contribution in [0.1, 0.15) is 10.8 Å².